The standard InChI is InChI=1S/C13H13ClIN3O2/c1-17(13(19)20)7-4-8(5-7)18-6-10(15)9-2-3-11(14)16-12(9)18/h2-3,6-8H,4-5H2,1H3,(H,19,20)/t7-,8+. The Morgan fingerprint density at radius 3 is 2.90 bits per heavy atom. The van der Waals surface area contributed by atoms with Crippen LogP contribution >= 0.6 is 34.2 Å². The third-order valence-corrected chi connectivity index (χ3v) is 5.00. The highest BCUT2D eigenvalue weighted by molar-refractivity contribution is 14.1. The third kappa shape index (κ3) is 2.24. The number of fused-ring (bicyclic) bond motifs is 1. The predicted molar refractivity (Wildman–Crippen MR) is 85.3 cm³/mol. The summed E-state index contributed by atoms with van der Waals surface area (Å²) in [5.74, 6) is 0. The predicted octanol–water partition coefficient (Wildman–Crippen LogP) is 3.61. The Morgan fingerprint density at radius 1 is 1.55 bits per heavy atom. The van der Waals surface area contributed by atoms with Crippen molar-refractivity contribution >= 4 is 51.3 Å². The molecule has 1 aliphatic rings. The van der Waals surface area contributed by atoms with E-state index in [0.29, 0.717) is 11.2 Å². The third-order valence-electron chi connectivity index (χ3n) is 3.93. The molecule has 3 rings (SSSR count). The highest BCUT2D eigenvalue weighted by atomic mass is 127. The van der Waals surface area contributed by atoms with E-state index >= 15 is 0 Å². The van der Waals surface area contributed by atoms with Crippen LogP contribution in [0.3, 0.4) is 0 Å². The number of amides is 1. The minimum atomic E-state index is -0.874. The second-order valence-corrected chi connectivity index (χ2v) is 6.61. The van der Waals surface area contributed by atoms with E-state index < -0.39 is 6.09 Å². The maximum atomic E-state index is 10.9. The molecule has 2 heterocycles. The van der Waals surface area contributed by atoms with Crippen molar-refractivity contribution in [3.8, 4) is 0 Å². The van der Waals surface area contributed by atoms with Gasteiger partial charge in [0.05, 0.1) is 0 Å². The fraction of sp³-hybridized carbons (Fsp3) is 0.385. The number of hydrogen-bond acceptors (Lipinski definition) is 2. The first kappa shape index (κ1) is 13.9. The molecule has 2 aromatic heterocycles. The molecule has 1 aliphatic carbocycles. The molecule has 0 bridgehead atoms. The molecule has 1 amide bonds. The lowest BCUT2D eigenvalue weighted by Crippen LogP contribution is -2.45. The van der Waals surface area contributed by atoms with Gasteiger partial charge in [0.2, 0.25) is 0 Å². The van der Waals surface area contributed by atoms with Crippen molar-refractivity contribution < 1.29 is 9.90 Å². The molecular weight excluding hydrogens is 393 g/mol. The van der Waals surface area contributed by atoms with E-state index in [2.05, 4.69) is 38.3 Å². The van der Waals surface area contributed by atoms with Gasteiger partial charge in [0.15, 0.2) is 0 Å². The van der Waals surface area contributed by atoms with Crippen LogP contribution in [-0.2, 0) is 0 Å². The first-order valence-electron chi connectivity index (χ1n) is 6.25. The summed E-state index contributed by atoms with van der Waals surface area (Å²) in [6, 6.07) is 4.14. The number of nitrogens with zero attached hydrogens (tertiary/aromatic N) is 3. The molecule has 0 radical (unpaired) electrons. The summed E-state index contributed by atoms with van der Waals surface area (Å²) in [5.41, 5.74) is 0.878. The van der Waals surface area contributed by atoms with E-state index in [9.17, 15) is 4.79 Å². The van der Waals surface area contributed by atoms with E-state index in [4.69, 9.17) is 16.7 Å². The van der Waals surface area contributed by atoms with Crippen LogP contribution in [0.5, 0.6) is 0 Å². The highest BCUT2D eigenvalue weighted by Crippen LogP contribution is 2.38. The Hall–Kier alpha value is -1.02. The Morgan fingerprint density at radius 2 is 2.25 bits per heavy atom. The van der Waals surface area contributed by atoms with Crippen molar-refractivity contribution in [3.63, 3.8) is 0 Å². The molecule has 0 unspecified atom stereocenters. The van der Waals surface area contributed by atoms with Crippen LogP contribution in [0.15, 0.2) is 18.3 Å². The summed E-state index contributed by atoms with van der Waals surface area (Å²) in [6.45, 7) is 0. The van der Waals surface area contributed by atoms with Gasteiger partial charge in [0.1, 0.15) is 10.8 Å². The summed E-state index contributed by atoms with van der Waals surface area (Å²) < 4.78 is 3.26. The lowest BCUT2D eigenvalue weighted by atomic mass is 9.85. The average molecular weight is 406 g/mol. The molecule has 0 atom stereocenters. The normalized spacial score (nSPS) is 21.8. The topological polar surface area (TPSA) is 58.4 Å². The zero-order valence-electron chi connectivity index (χ0n) is 10.8. The van der Waals surface area contributed by atoms with Crippen molar-refractivity contribution in [3.05, 3.63) is 27.1 Å². The van der Waals surface area contributed by atoms with Crippen LogP contribution in [0, 0.1) is 3.57 Å². The molecule has 1 fully saturated rings. The number of carbonyl (C=O) groups is 1. The average Bonchev–Trinajstić information content (AvgIpc) is 2.64. The molecule has 2 aromatic rings. The van der Waals surface area contributed by atoms with Crippen molar-refractivity contribution in [2.75, 3.05) is 7.05 Å². The SMILES string of the molecule is CN(C(=O)O)[C@H]1C[C@@H](n2cc(I)c3ccc(Cl)nc32)C1. The van der Waals surface area contributed by atoms with Gasteiger partial charge >= 0.3 is 6.09 Å². The van der Waals surface area contributed by atoms with E-state index in [1.165, 1.54) is 4.90 Å². The van der Waals surface area contributed by atoms with E-state index in [1.807, 2.05) is 6.07 Å². The summed E-state index contributed by atoms with van der Waals surface area (Å²) in [6.07, 6.45) is 2.82. The second kappa shape index (κ2) is 5.07. The number of pyridine rings is 1. The van der Waals surface area contributed by atoms with Gasteiger partial charge in [0.25, 0.3) is 0 Å². The minimum Gasteiger partial charge on any atom is -0.465 e. The van der Waals surface area contributed by atoms with Crippen molar-refractivity contribution in [1.29, 1.82) is 0 Å². The van der Waals surface area contributed by atoms with E-state index in [1.54, 1.807) is 13.1 Å². The van der Waals surface area contributed by atoms with Crippen molar-refractivity contribution in [2.24, 2.45) is 0 Å². The van der Waals surface area contributed by atoms with Gasteiger partial charge in [-0.15, -0.1) is 0 Å². The zero-order valence-corrected chi connectivity index (χ0v) is 13.7. The summed E-state index contributed by atoms with van der Waals surface area (Å²) in [4.78, 5) is 16.7. The van der Waals surface area contributed by atoms with Crippen LogP contribution in [0.25, 0.3) is 11.0 Å². The molecule has 1 saturated carbocycles. The number of rotatable bonds is 2. The van der Waals surface area contributed by atoms with Gasteiger partial charge in [-0.05, 0) is 47.6 Å². The van der Waals surface area contributed by atoms with Crippen LogP contribution < -0.4 is 0 Å². The summed E-state index contributed by atoms with van der Waals surface area (Å²) >= 11 is 8.26. The summed E-state index contributed by atoms with van der Waals surface area (Å²) in [5, 5.41) is 10.5. The maximum Gasteiger partial charge on any atom is 0.407 e. The fourth-order valence-electron chi connectivity index (χ4n) is 2.60. The molecule has 7 heteroatoms. The quantitative estimate of drug-likeness (QED) is 0.613. The van der Waals surface area contributed by atoms with Gasteiger partial charge in [-0.1, -0.05) is 11.6 Å². The van der Waals surface area contributed by atoms with Crippen molar-refractivity contribution in [2.45, 2.75) is 24.9 Å². The zero-order chi connectivity index (χ0) is 14.4. The Bertz CT molecular complexity index is 682. The summed E-state index contributed by atoms with van der Waals surface area (Å²) in [7, 11) is 1.62. The number of carboxylic acid groups (broad SMARTS) is 1. The first-order chi connectivity index (χ1) is 9.47. The Labute approximate surface area is 134 Å². The maximum absolute atomic E-state index is 10.9. The van der Waals surface area contributed by atoms with Crippen LogP contribution in [-0.4, -0.2) is 38.7 Å². The van der Waals surface area contributed by atoms with Crippen LogP contribution in [0.2, 0.25) is 5.15 Å². The molecule has 20 heavy (non-hydrogen) atoms. The first-order valence-corrected chi connectivity index (χ1v) is 7.71. The van der Waals surface area contributed by atoms with E-state index in [-0.39, 0.29) is 6.04 Å². The molecule has 5 nitrogen and oxygen atoms in total. The lowest BCUT2D eigenvalue weighted by molar-refractivity contribution is 0.0902. The molecule has 0 aromatic carbocycles. The number of halogens is 2. The van der Waals surface area contributed by atoms with Gasteiger partial charge in [-0.25, -0.2) is 9.78 Å². The molecule has 0 spiro atoms. The molecule has 106 valence electrons. The minimum absolute atomic E-state index is 0.0896. The highest BCUT2D eigenvalue weighted by Gasteiger charge is 2.36. The largest absolute Gasteiger partial charge is 0.465 e. The Balaban J connectivity index is 1.86. The van der Waals surface area contributed by atoms with Crippen molar-refractivity contribution in [1.82, 2.24) is 14.5 Å². The van der Waals surface area contributed by atoms with Gasteiger partial charge in [-0.3, -0.25) is 0 Å². The molecule has 0 aliphatic heterocycles. The Kier molecular flexibility index (Phi) is 3.53. The lowest BCUT2D eigenvalue weighted by Gasteiger charge is -2.40. The molecule has 0 saturated heterocycles. The molecular formula is C13H13ClIN3O2. The van der Waals surface area contributed by atoms with Gasteiger partial charge in [-0.2, -0.15) is 0 Å². The van der Waals surface area contributed by atoms with Crippen LogP contribution in [0.1, 0.15) is 18.9 Å². The van der Waals surface area contributed by atoms with Gasteiger partial charge < -0.3 is 14.6 Å². The number of hydrogen-bond donors (Lipinski definition) is 1. The van der Waals surface area contributed by atoms with E-state index in [0.717, 1.165) is 27.4 Å². The molecule has 1 N–H and O–H groups in total. The monoisotopic (exact) mass is 405 g/mol. The fourth-order valence-corrected chi connectivity index (χ4v) is 3.46. The van der Waals surface area contributed by atoms with Crippen LogP contribution in [0.4, 0.5) is 4.79 Å². The van der Waals surface area contributed by atoms with Gasteiger partial charge in [0, 0.05) is 34.3 Å². The number of aromatic nitrogens is 2. The second-order valence-electron chi connectivity index (χ2n) is 5.06. The smallest absolute Gasteiger partial charge is 0.407 e.